The molecule has 3 unspecified atom stereocenters. The van der Waals surface area contributed by atoms with Gasteiger partial charge in [-0.2, -0.15) is 0 Å². The minimum Gasteiger partial charge on any atom is -0.442 e. The Kier molecular flexibility index (Phi) is 6.91. The van der Waals surface area contributed by atoms with Gasteiger partial charge >= 0.3 is 0 Å². The zero-order valence-corrected chi connectivity index (χ0v) is 21.3. The fourth-order valence-corrected chi connectivity index (χ4v) is 5.95. The Labute approximate surface area is 222 Å². The van der Waals surface area contributed by atoms with E-state index in [0.29, 0.717) is 38.9 Å². The molecule has 3 aromatic carbocycles. The molecule has 3 atom stereocenters. The van der Waals surface area contributed by atoms with Crippen molar-refractivity contribution in [2.24, 2.45) is 0 Å². The topological polar surface area (TPSA) is 55.1 Å². The summed E-state index contributed by atoms with van der Waals surface area (Å²) in [6, 6.07) is 19.4. The van der Waals surface area contributed by atoms with Crippen molar-refractivity contribution in [1.82, 2.24) is 14.8 Å². The summed E-state index contributed by atoms with van der Waals surface area (Å²) in [5.41, 5.74) is 2.37. The van der Waals surface area contributed by atoms with E-state index in [4.69, 9.17) is 50.8 Å². The van der Waals surface area contributed by atoms with Gasteiger partial charge in [0.25, 0.3) is 11.7 Å². The van der Waals surface area contributed by atoms with Crippen molar-refractivity contribution in [2.75, 3.05) is 13.1 Å². The molecule has 0 saturated carbocycles. The first-order chi connectivity index (χ1) is 16.9. The number of rotatable bonds is 5. The SMILES string of the molecule is O=C(c1ncco1)C1CNCC(c2ccc(Cl)cc2)[N+]1(c1ccccc1Cl)c1ccc(Cl)cc1Cl. The second-order valence-corrected chi connectivity index (χ2v) is 9.95. The van der Waals surface area contributed by atoms with Crippen molar-refractivity contribution >= 4 is 63.6 Å². The van der Waals surface area contributed by atoms with E-state index in [9.17, 15) is 4.79 Å². The molecule has 4 aromatic rings. The Bertz CT molecular complexity index is 1360. The molecular formula is C26H20Cl4N3O2+. The van der Waals surface area contributed by atoms with E-state index in [1.165, 1.54) is 12.5 Å². The van der Waals surface area contributed by atoms with Crippen molar-refractivity contribution in [3.05, 3.63) is 111 Å². The van der Waals surface area contributed by atoms with Gasteiger partial charge in [-0.15, -0.1) is 0 Å². The molecule has 5 rings (SSSR count). The Morgan fingerprint density at radius 2 is 1.60 bits per heavy atom. The lowest BCUT2D eigenvalue weighted by atomic mass is 9.90. The monoisotopic (exact) mass is 546 g/mol. The summed E-state index contributed by atoms with van der Waals surface area (Å²) in [6.07, 6.45) is 2.85. The molecule has 1 saturated heterocycles. The molecule has 1 N–H and O–H groups in total. The number of quaternary nitrogens is 1. The van der Waals surface area contributed by atoms with Gasteiger partial charge in [0.1, 0.15) is 22.4 Å². The van der Waals surface area contributed by atoms with E-state index in [1.807, 2.05) is 54.6 Å². The molecule has 5 nitrogen and oxygen atoms in total. The van der Waals surface area contributed by atoms with Crippen LogP contribution in [-0.2, 0) is 0 Å². The fraction of sp³-hybridized carbons (Fsp3) is 0.154. The summed E-state index contributed by atoms with van der Waals surface area (Å²) in [6.45, 7) is 0.886. The molecule has 0 spiro atoms. The van der Waals surface area contributed by atoms with Crippen molar-refractivity contribution in [3.63, 3.8) is 0 Å². The highest BCUT2D eigenvalue weighted by Crippen LogP contribution is 2.53. The number of Topliss-reactive ketones (excluding diaryl/α,β-unsaturated/α-hetero) is 1. The summed E-state index contributed by atoms with van der Waals surface area (Å²) in [5.74, 6) is -0.250. The van der Waals surface area contributed by atoms with Crippen LogP contribution in [0.4, 0.5) is 11.4 Å². The first-order valence-electron chi connectivity index (χ1n) is 10.9. The minimum atomic E-state index is -0.707. The van der Waals surface area contributed by atoms with Crippen molar-refractivity contribution in [3.8, 4) is 0 Å². The van der Waals surface area contributed by atoms with Gasteiger partial charge in [0.05, 0.1) is 19.3 Å². The van der Waals surface area contributed by atoms with E-state index in [-0.39, 0.29) is 22.2 Å². The van der Waals surface area contributed by atoms with Crippen molar-refractivity contribution < 1.29 is 9.21 Å². The molecule has 9 heteroatoms. The number of oxazole rings is 1. The van der Waals surface area contributed by atoms with Crippen LogP contribution in [0.1, 0.15) is 22.3 Å². The predicted molar refractivity (Wildman–Crippen MR) is 141 cm³/mol. The molecule has 0 bridgehead atoms. The maximum absolute atomic E-state index is 14.0. The number of hydrogen-bond acceptors (Lipinski definition) is 4. The van der Waals surface area contributed by atoms with Gasteiger partial charge in [0.15, 0.2) is 17.4 Å². The lowest BCUT2D eigenvalue weighted by Gasteiger charge is -2.51. The average Bonchev–Trinajstić information content (AvgIpc) is 3.39. The molecule has 1 aliphatic rings. The molecule has 0 aliphatic carbocycles. The molecule has 2 heterocycles. The number of aromatic nitrogens is 1. The van der Waals surface area contributed by atoms with Crippen LogP contribution in [0.5, 0.6) is 0 Å². The van der Waals surface area contributed by atoms with Crippen LogP contribution in [0.15, 0.2) is 83.6 Å². The van der Waals surface area contributed by atoms with Crippen LogP contribution in [0, 0.1) is 0 Å². The lowest BCUT2D eigenvalue weighted by Crippen LogP contribution is -2.67. The number of piperazine rings is 1. The smallest absolute Gasteiger partial charge is 0.276 e. The maximum Gasteiger partial charge on any atom is 0.276 e. The van der Waals surface area contributed by atoms with Crippen LogP contribution in [0.25, 0.3) is 0 Å². The number of nitrogens with one attached hydrogen (secondary N) is 1. The second kappa shape index (κ2) is 9.94. The molecule has 1 aromatic heterocycles. The third-order valence-electron chi connectivity index (χ3n) is 6.42. The first-order valence-corrected chi connectivity index (χ1v) is 12.4. The molecule has 1 aliphatic heterocycles. The average molecular weight is 548 g/mol. The standard InChI is InChI=1S/C26H20Cl4N3O2/c27-17-7-5-16(6-8-17)23-14-31-15-24(25(34)26-32-11-12-35-26)33(23,21-4-2-1-3-19(21)29)22-10-9-18(28)13-20(22)30/h1-13,23-24,31H,14-15H2/q+1. The van der Waals surface area contributed by atoms with Crippen LogP contribution in [-0.4, -0.2) is 29.9 Å². The third kappa shape index (κ3) is 4.27. The van der Waals surface area contributed by atoms with Gasteiger partial charge in [-0.25, -0.2) is 9.47 Å². The number of hydrogen-bond donors (Lipinski definition) is 1. The number of ketones is 1. The van der Waals surface area contributed by atoms with Crippen molar-refractivity contribution in [2.45, 2.75) is 12.1 Å². The van der Waals surface area contributed by atoms with Gasteiger partial charge in [-0.05, 0) is 30.3 Å². The maximum atomic E-state index is 14.0. The Balaban J connectivity index is 1.87. The van der Waals surface area contributed by atoms with E-state index in [0.717, 1.165) is 11.3 Å². The summed E-state index contributed by atoms with van der Waals surface area (Å²) in [7, 11) is 0. The largest absolute Gasteiger partial charge is 0.442 e. The van der Waals surface area contributed by atoms with Gasteiger partial charge in [0, 0.05) is 27.7 Å². The van der Waals surface area contributed by atoms with Crippen LogP contribution in [0.3, 0.4) is 0 Å². The quantitative estimate of drug-likeness (QED) is 0.207. The molecule has 1 fully saturated rings. The molecule has 0 radical (unpaired) electrons. The van der Waals surface area contributed by atoms with E-state index in [2.05, 4.69) is 10.3 Å². The lowest BCUT2D eigenvalue weighted by molar-refractivity contribution is 0.0757. The van der Waals surface area contributed by atoms with Crippen LogP contribution < -0.4 is 9.80 Å². The molecule has 35 heavy (non-hydrogen) atoms. The summed E-state index contributed by atoms with van der Waals surface area (Å²) < 4.78 is 5.47. The Morgan fingerprint density at radius 3 is 2.29 bits per heavy atom. The third-order valence-corrected chi connectivity index (χ3v) is 7.53. The van der Waals surface area contributed by atoms with Crippen LogP contribution >= 0.6 is 46.4 Å². The van der Waals surface area contributed by atoms with E-state index < -0.39 is 6.04 Å². The van der Waals surface area contributed by atoms with Gasteiger partial charge in [0.2, 0.25) is 0 Å². The van der Waals surface area contributed by atoms with E-state index in [1.54, 1.807) is 12.1 Å². The Morgan fingerprint density at radius 1 is 0.886 bits per heavy atom. The minimum absolute atomic E-state index is 0.0194. The van der Waals surface area contributed by atoms with Crippen molar-refractivity contribution in [1.29, 1.82) is 0 Å². The summed E-state index contributed by atoms with van der Waals surface area (Å²) in [5, 5.41) is 5.47. The number of carbonyl (C=O) groups is 1. The number of nitrogens with zero attached hydrogens (tertiary/aromatic N) is 2. The normalized spacial score (nSPS) is 22.2. The highest BCUT2D eigenvalue weighted by atomic mass is 35.5. The molecule has 178 valence electrons. The van der Waals surface area contributed by atoms with Gasteiger partial charge < -0.3 is 9.73 Å². The molecule has 0 amide bonds. The summed E-state index contributed by atoms with van der Waals surface area (Å²) in [4.78, 5) is 18.2. The number of carbonyl (C=O) groups excluding carboxylic acids is 1. The highest BCUT2D eigenvalue weighted by Gasteiger charge is 2.56. The second-order valence-electron chi connectivity index (χ2n) is 8.27. The number of benzene rings is 3. The first kappa shape index (κ1) is 24.3. The zero-order valence-electron chi connectivity index (χ0n) is 18.3. The summed E-state index contributed by atoms with van der Waals surface area (Å²) >= 11 is 26.3. The van der Waals surface area contributed by atoms with Gasteiger partial charge in [-0.1, -0.05) is 70.7 Å². The fourth-order valence-electron chi connectivity index (χ4n) is 5.00. The van der Waals surface area contributed by atoms with Gasteiger partial charge in [-0.3, -0.25) is 4.79 Å². The number of para-hydroxylation sites is 1. The molecular weight excluding hydrogens is 528 g/mol. The van der Waals surface area contributed by atoms with E-state index >= 15 is 0 Å². The zero-order chi connectivity index (χ0) is 24.6. The Hall–Kier alpha value is -2.38. The highest BCUT2D eigenvalue weighted by molar-refractivity contribution is 6.37. The van der Waals surface area contributed by atoms with Crippen LogP contribution in [0.2, 0.25) is 20.1 Å². The predicted octanol–water partition coefficient (Wildman–Crippen LogP) is 7.52. The number of halogens is 4.